The van der Waals surface area contributed by atoms with Gasteiger partial charge in [0.1, 0.15) is 5.82 Å². The summed E-state index contributed by atoms with van der Waals surface area (Å²) >= 11 is 1.46. The topological polar surface area (TPSA) is 163 Å². The zero-order valence-electron chi connectivity index (χ0n) is 18.4. The predicted octanol–water partition coefficient (Wildman–Crippen LogP) is 3.50. The first-order valence-corrected chi connectivity index (χ1v) is 11.0. The number of benzene rings is 2. The van der Waals surface area contributed by atoms with Crippen molar-refractivity contribution >= 4 is 40.9 Å². The van der Waals surface area contributed by atoms with Gasteiger partial charge in [-0.15, -0.1) is 11.8 Å². The zero-order chi connectivity index (χ0) is 26.2. The number of nitrogens with one attached hydrogen (secondary N) is 3. The van der Waals surface area contributed by atoms with Gasteiger partial charge in [0, 0.05) is 28.6 Å². The highest BCUT2D eigenvalue weighted by Crippen LogP contribution is 2.27. The highest BCUT2D eigenvalue weighted by Gasteiger charge is 2.38. The number of hydrogen-bond donors (Lipinski definition) is 5. The van der Waals surface area contributed by atoms with Crippen molar-refractivity contribution in [3.8, 4) is 11.4 Å². The SMILES string of the molecule is CSc1cc(C(=O)Nc2ccc(-c3n[nH]c(CN)n3)cc2)ccc1NC(C)=O.O=C(O)C(F)(F)F. The monoisotopic (exact) mass is 510 g/mol. The van der Waals surface area contributed by atoms with E-state index < -0.39 is 12.1 Å². The number of aliphatic carboxylic acids is 1. The number of aromatic amines is 1. The molecule has 0 atom stereocenters. The molecule has 3 rings (SSSR count). The van der Waals surface area contributed by atoms with Gasteiger partial charge < -0.3 is 21.5 Å². The van der Waals surface area contributed by atoms with Crippen LogP contribution in [0.15, 0.2) is 47.4 Å². The summed E-state index contributed by atoms with van der Waals surface area (Å²) in [6.45, 7) is 1.74. The molecule has 1 aromatic heterocycles. The highest BCUT2D eigenvalue weighted by molar-refractivity contribution is 7.98. The molecule has 35 heavy (non-hydrogen) atoms. The van der Waals surface area contributed by atoms with Crippen LogP contribution in [0.5, 0.6) is 0 Å². The van der Waals surface area contributed by atoms with Crippen molar-refractivity contribution in [1.82, 2.24) is 15.2 Å². The van der Waals surface area contributed by atoms with E-state index in [9.17, 15) is 22.8 Å². The van der Waals surface area contributed by atoms with Gasteiger partial charge in [-0.1, -0.05) is 0 Å². The van der Waals surface area contributed by atoms with E-state index in [2.05, 4.69) is 25.8 Å². The lowest BCUT2D eigenvalue weighted by Crippen LogP contribution is -2.21. The number of amides is 2. The summed E-state index contributed by atoms with van der Waals surface area (Å²) in [5.41, 5.74) is 8.18. The molecule has 0 saturated carbocycles. The smallest absolute Gasteiger partial charge is 0.475 e. The third kappa shape index (κ3) is 8.12. The number of hydrogen-bond acceptors (Lipinski definition) is 7. The van der Waals surface area contributed by atoms with E-state index in [0.29, 0.717) is 35.1 Å². The molecule has 2 amide bonds. The van der Waals surface area contributed by atoms with E-state index in [-0.39, 0.29) is 11.8 Å². The van der Waals surface area contributed by atoms with Crippen LogP contribution in [-0.2, 0) is 16.1 Å². The van der Waals surface area contributed by atoms with Gasteiger partial charge in [0.25, 0.3) is 5.91 Å². The Morgan fingerprint density at radius 3 is 2.23 bits per heavy atom. The maximum Gasteiger partial charge on any atom is 0.490 e. The number of nitrogens with two attached hydrogens (primary N) is 1. The second kappa shape index (κ2) is 12.0. The van der Waals surface area contributed by atoms with Crippen LogP contribution in [0.25, 0.3) is 11.4 Å². The normalized spacial score (nSPS) is 10.7. The van der Waals surface area contributed by atoms with Crippen LogP contribution >= 0.6 is 11.8 Å². The fourth-order valence-electron chi connectivity index (χ4n) is 2.55. The van der Waals surface area contributed by atoms with Crippen LogP contribution in [-0.4, -0.2) is 50.5 Å². The molecule has 0 aliphatic carbocycles. The summed E-state index contributed by atoms with van der Waals surface area (Å²) in [5, 5.41) is 19.6. The van der Waals surface area contributed by atoms with E-state index in [0.717, 1.165) is 10.5 Å². The van der Waals surface area contributed by atoms with Crippen molar-refractivity contribution < 1.29 is 32.7 Å². The average Bonchev–Trinajstić information content (AvgIpc) is 3.28. The molecule has 0 radical (unpaired) electrons. The summed E-state index contributed by atoms with van der Waals surface area (Å²) in [6, 6.07) is 12.4. The van der Waals surface area contributed by atoms with Crippen LogP contribution in [0.1, 0.15) is 23.1 Å². The minimum absolute atomic E-state index is 0.155. The predicted molar refractivity (Wildman–Crippen MR) is 124 cm³/mol. The first kappa shape index (κ1) is 27.3. The minimum atomic E-state index is -5.08. The van der Waals surface area contributed by atoms with E-state index in [1.807, 2.05) is 18.4 Å². The molecule has 2 aromatic carbocycles. The van der Waals surface area contributed by atoms with Crippen molar-refractivity contribution in [2.24, 2.45) is 5.73 Å². The molecule has 0 unspecified atom stereocenters. The summed E-state index contributed by atoms with van der Waals surface area (Å²) in [5.74, 6) is -1.98. The molecule has 6 N–H and O–H groups in total. The molecular formula is C21H21F3N6O4S. The third-order valence-corrected chi connectivity index (χ3v) is 4.92. The van der Waals surface area contributed by atoms with Gasteiger partial charge in [-0.3, -0.25) is 14.7 Å². The first-order valence-electron chi connectivity index (χ1n) is 9.73. The summed E-state index contributed by atoms with van der Waals surface area (Å²) in [7, 11) is 0. The van der Waals surface area contributed by atoms with Crippen LogP contribution in [0.3, 0.4) is 0 Å². The number of carboxylic acids is 1. The summed E-state index contributed by atoms with van der Waals surface area (Å²) < 4.78 is 31.7. The van der Waals surface area contributed by atoms with Crippen LogP contribution in [0, 0.1) is 0 Å². The van der Waals surface area contributed by atoms with Gasteiger partial charge in [-0.05, 0) is 48.7 Å². The van der Waals surface area contributed by atoms with Gasteiger partial charge >= 0.3 is 12.1 Å². The fourth-order valence-corrected chi connectivity index (χ4v) is 3.13. The van der Waals surface area contributed by atoms with Crippen molar-refractivity contribution in [3.05, 3.63) is 53.9 Å². The molecule has 186 valence electrons. The van der Waals surface area contributed by atoms with Gasteiger partial charge in [-0.25, -0.2) is 9.78 Å². The Bertz CT molecular complexity index is 1200. The van der Waals surface area contributed by atoms with Crippen LogP contribution in [0.2, 0.25) is 0 Å². The standard InChI is InChI=1S/C19H20N6O2S.C2HF3O2/c1-11(26)21-15-8-5-13(9-16(15)28-2)19(27)22-14-6-3-12(4-7-14)18-23-17(10-20)24-25-18;3-2(4,5)1(6)7/h3-9H,10,20H2,1-2H3,(H,21,26)(H,22,27)(H,23,24,25);(H,6,7). The summed E-state index contributed by atoms with van der Waals surface area (Å²) in [4.78, 5) is 37.8. The summed E-state index contributed by atoms with van der Waals surface area (Å²) in [6.07, 6.45) is -3.19. The molecule has 1 heterocycles. The van der Waals surface area contributed by atoms with Crippen molar-refractivity contribution in [1.29, 1.82) is 0 Å². The maximum absolute atomic E-state index is 12.6. The van der Waals surface area contributed by atoms with E-state index in [4.69, 9.17) is 15.6 Å². The molecule has 0 bridgehead atoms. The number of rotatable bonds is 6. The number of carbonyl (C=O) groups is 3. The van der Waals surface area contributed by atoms with Crippen LogP contribution in [0.4, 0.5) is 24.5 Å². The van der Waals surface area contributed by atoms with Crippen molar-refractivity contribution in [3.63, 3.8) is 0 Å². The van der Waals surface area contributed by atoms with Crippen molar-refractivity contribution in [2.45, 2.75) is 24.5 Å². The average molecular weight is 510 g/mol. The van der Waals surface area contributed by atoms with E-state index >= 15 is 0 Å². The Balaban J connectivity index is 0.000000540. The Hall–Kier alpha value is -3.91. The number of alkyl halides is 3. The number of carbonyl (C=O) groups excluding carboxylic acids is 2. The number of H-pyrrole nitrogens is 1. The maximum atomic E-state index is 12.6. The number of aromatic nitrogens is 3. The first-order chi connectivity index (χ1) is 16.4. The number of carboxylic acid groups (broad SMARTS) is 1. The molecule has 0 fully saturated rings. The molecule has 3 aromatic rings. The Kier molecular flexibility index (Phi) is 9.36. The Morgan fingerprint density at radius 2 is 1.74 bits per heavy atom. The second-order valence-corrected chi connectivity index (χ2v) is 7.59. The van der Waals surface area contributed by atoms with Gasteiger partial charge in [0.15, 0.2) is 5.82 Å². The number of anilines is 2. The van der Waals surface area contributed by atoms with E-state index in [1.54, 1.807) is 30.3 Å². The number of thioether (sulfide) groups is 1. The van der Waals surface area contributed by atoms with E-state index in [1.165, 1.54) is 18.7 Å². The van der Waals surface area contributed by atoms with Crippen molar-refractivity contribution in [2.75, 3.05) is 16.9 Å². The Labute approximate surface area is 201 Å². The zero-order valence-corrected chi connectivity index (χ0v) is 19.3. The molecule has 14 heteroatoms. The largest absolute Gasteiger partial charge is 0.490 e. The van der Waals surface area contributed by atoms with Gasteiger partial charge in [-0.2, -0.15) is 18.3 Å². The molecular weight excluding hydrogens is 489 g/mol. The second-order valence-electron chi connectivity index (χ2n) is 6.74. The Morgan fingerprint density at radius 1 is 1.11 bits per heavy atom. The number of halogens is 3. The lowest BCUT2D eigenvalue weighted by Gasteiger charge is -2.11. The molecule has 10 nitrogen and oxygen atoms in total. The van der Waals surface area contributed by atoms with Gasteiger partial charge in [0.05, 0.1) is 12.2 Å². The lowest BCUT2D eigenvalue weighted by molar-refractivity contribution is -0.192. The molecule has 0 aliphatic heterocycles. The molecule has 0 spiro atoms. The third-order valence-electron chi connectivity index (χ3n) is 4.14. The molecule has 0 saturated heterocycles. The highest BCUT2D eigenvalue weighted by atomic mass is 32.2. The molecule has 0 aliphatic rings. The number of nitrogens with zero attached hydrogens (tertiary/aromatic N) is 2. The lowest BCUT2D eigenvalue weighted by atomic mass is 10.1. The van der Waals surface area contributed by atoms with Gasteiger partial charge in [0.2, 0.25) is 5.91 Å². The van der Waals surface area contributed by atoms with Crippen LogP contribution < -0.4 is 16.4 Å². The minimum Gasteiger partial charge on any atom is -0.475 e. The quantitative estimate of drug-likeness (QED) is 0.315. The fraction of sp³-hybridized carbons (Fsp3) is 0.190.